The van der Waals surface area contributed by atoms with E-state index >= 15 is 0 Å². The van der Waals surface area contributed by atoms with Crippen LogP contribution in [0.3, 0.4) is 0 Å². The number of hydrogen-bond acceptors (Lipinski definition) is 2. The van der Waals surface area contributed by atoms with Gasteiger partial charge in [-0.05, 0) is 56.0 Å². The third-order valence-electron chi connectivity index (χ3n) is 3.19. The predicted molar refractivity (Wildman–Crippen MR) is 86.0 cm³/mol. The molecule has 2 nitrogen and oxygen atoms in total. The quantitative estimate of drug-likeness (QED) is 0.909. The molecule has 0 aliphatic carbocycles. The van der Waals surface area contributed by atoms with Crippen molar-refractivity contribution in [2.45, 2.75) is 19.4 Å². The molecule has 19 heavy (non-hydrogen) atoms. The van der Waals surface area contributed by atoms with E-state index in [9.17, 15) is 5.11 Å². The van der Waals surface area contributed by atoms with E-state index in [1.807, 2.05) is 19.9 Å². The van der Waals surface area contributed by atoms with E-state index in [-0.39, 0.29) is 0 Å². The highest BCUT2D eigenvalue weighted by Crippen LogP contribution is 2.59. The van der Waals surface area contributed by atoms with Crippen molar-refractivity contribution in [2.24, 2.45) is 0 Å². The summed E-state index contributed by atoms with van der Waals surface area (Å²) in [5.74, 6) is 0.764. The average molecular weight is 277 g/mol. The molecular formula is C16H23NOS. The van der Waals surface area contributed by atoms with Crippen LogP contribution >= 0.6 is 10.2 Å². The number of allylic oxidation sites excluding steroid dienone is 2. The lowest BCUT2D eigenvalue weighted by molar-refractivity contribution is 0.105. The Bertz CT molecular complexity index is 499. The van der Waals surface area contributed by atoms with Crippen molar-refractivity contribution in [1.29, 1.82) is 0 Å². The first-order chi connectivity index (χ1) is 8.82. The normalized spacial score (nSPS) is 26.3. The van der Waals surface area contributed by atoms with Crippen LogP contribution in [-0.2, 0) is 0 Å². The molecule has 3 heteroatoms. The molecule has 0 fully saturated rings. The lowest BCUT2D eigenvalue weighted by Crippen LogP contribution is -2.31. The number of nitrogens with zero attached hydrogens (tertiary/aromatic N) is 1. The molecule has 1 unspecified atom stereocenters. The minimum Gasteiger partial charge on any atom is -0.390 e. The van der Waals surface area contributed by atoms with Crippen molar-refractivity contribution in [3.8, 4) is 0 Å². The van der Waals surface area contributed by atoms with E-state index in [4.69, 9.17) is 0 Å². The fraction of sp³-hybridized carbons (Fsp3) is 0.375. The summed E-state index contributed by atoms with van der Waals surface area (Å²) in [6.45, 7) is 3.76. The van der Waals surface area contributed by atoms with Crippen LogP contribution in [0.2, 0.25) is 0 Å². The molecule has 0 aromatic heterocycles. The Morgan fingerprint density at radius 2 is 1.79 bits per heavy atom. The highest BCUT2D eigenvalue weighted by Gasteiger charge is 2.32. The van der Waals surface area contributed by atoms with Gasteiger partial charge in [0.1, 0.15) is 0 Å². The molecule has 0 saturated heterocycles. The molecule has 1 aliphatic heterocycles. The molecule has 1 aromatic carbocycles. The Labute approximate surface area is 117 Å². The topological polar surface area (TPSA) is 23.5 Å². The van der Waals surface area contributed by atoms with Crippen LogP contribution in [0, 0.1) is 0 Å². The van der Waals surface area contributed by atoms with Gasteiger partial charge < -0.3 is 5.11 Å². The summed E-state index contributed by atoms with van der Waals surface area (Å²) in [4.78, 5) is 0. The van der Waals surface area contributed by atoms with Gasteiger partial charge in [0.05, 0.1) is 5.60 Å². The zero-order valence-corrected chi connectivity index (χ0v) is 12.9. The fourth-order valence-electron chi connectivity index (χ4n) is 2.30. The standard InChI is InChI=1S/C16H23NOS/c1-16(2,18)13-19(17(3)4)11-10-15(12-19)14-8-6-5-7-9-14/h5-12,18H,13H2,1-4H3. The monoisotopic (exact) mass is 277 g/mol. The van der Waals surface area contributed by atoms with Gasteiger partial charge in [-0.25, -0.2) is 0 Å². The van der Waals surface area contributed by atoms with Crippen LogP contribution in [0.4, 0.5) is 0 Å². The van der Waals surface area contributed by atoms with Gasteiger partial charge in [0.25, 0.3) is 0 Å². The molecular weight excluding hydrogens is 254 g/mol. The van der Waals surface area contributed by atoms with Crippen molar-refractivity contribution in [3.05, 3.63) is 52.8 Å². The smallest absolute Gasteiger partial charge is 0.0684 e. The molecule has 2 rings (SSSR count). The molecule has 1 atom stereocenters. The lowest BCUT2D eigenvalue weighted by atomic mass is 10.1. The molecule has 0 bridgehead atoms. The van der Waals surface area contributed by atoms with Crippen molar-refractivity contribution in [1.82, 2.24) is 4.31 Å². The molecule has 0 spiro atoms. The van der Waals surface area contributed by atoms with Crippen LogP contribution in [0.1, 0.15) is 19.4 Å². The van der Waals surface area contributed by atoms with Crippen LogP contribution in [0.15, 0.2) is 47.2 Å². The summed E-state index contributed by atoms with van der Waals surface area (Å²) in [5, 5.41) is 14.8. The fourth-order valence-corrected chi connectivity index (χ4v) is 5.44. The van der Waals surface area contributed by atoms with E-state index in [0.717, 1.165) is 5.75 Å². The van der Waals surface area contributed by atoms with Crippen molar-refractivity contribution in [2.75, 3.05) is 19.8 Å². The van der Waals surface area contributed by atoms with Gasteiger partial charge in [-0.1, -0.05) is 30.3 Å². The highest BCUT2D eigenvalue weighted by molar-refractivity contribution is 8.36. The van der Waals surface area contributed by atoms with Gasteiger partial charge in [-0.2, -0.15) is 0 Å². The second-order valence-corrected chi connectivity index (χ2v) is 8.97. The summed E-state index contributed by atoms with van der Waals surface area (Å²) in [6, 6.07) is 10.4. The number of benzene rings is 1. The van der Waals surface area contributed by atoms with Crippen molar-refractivity contribution < 1.29 is 5.11 Å². The lowest BCUT2D eigenvalue weighted by Gasteiger charge is -2.42. The molecule has 1 N–H and O–H groups in total. The van der Waals surface area contributed by atoms with Gasteiger partial charge in [-0.15, -0.1) is 10.2 Å². The SMILES string of the molecule is CN(C)S1(CC(C)(C)O)C=CC(c2ccccc2)=C1. The largest absolute Gasteiger partial charge is 0.390 e. The first-order valence-corrected chi connectivity index (χ1v) is 8.37. The summed E-state index contributed by atoms with van der Waals surface area (Å²) in [5.41, 5.74) is 1.84. The summed E-state index contributed by atoms with van der Waals surface area (Å²) in [7, 11) is 2.99. The molecule has 1 aliphatic rings. The van der Waals surface area contributed by atoms with E-state index in [0.29, 0.717) is 0 Å². The Hall–Kier alpha value is -1.03. The third kappa shape index (κ3) is 3.30. The Balaban J connectivity index is 2.35. The summed E-state index contributed by atoms with van der Waals surface area (Å²) >= 11 is 0. The van der Waals surface area contributed by atoms with E-state index < -0.39 is 15.8 Å². The average Bonchev–Trinajstić information content (AvgIpc) is 2.73. The molecule has 104 valence electrons. The molecule has 1 aromatic rings. The number of hydrogen-bond donors (Lipinski definition) is 1. The first-order valence-electron chi connectivity index (χ1n) is 6.49. The van der Waals surface area contributed by atoms with Gasteiger partial charge in [-0.3, -0.25) is 4.31 Å². The maximum Gasteiger partial charge on any atom is 0.0684 e. The molecule has 0 saturated carbocycles. The van der Waals surface area contributed by atoms with Crippen LogP contribution in [0.25, 0.3) is 5.57 Å². The molecule has 0 amide bonds. The maximum absolute atomic E-state index is 10.2. The predicted octanol–water partition coefficient (Wildman–Crippen LogP) is 3.61. The van der Waals surface area contributed by atoms with E-state index in [1.54, 1.807) is 0 Å². The zero-order chi connectivity index (χ0) is 14.1. The van der Waals surface area contributed by atoms with Crippen LogP contribution < -0.4 is 0 Å². The van der Waals surface area contributed by atoms with Gasteiger partial charge in [0.15, 0.2) is 0 Å². The number of aliphatic hydroxyl groups is 1. The molecule has 1 heterocycles. The third-order valence-corrected chi connectivity index (χ3v) is 6.98. The zero-order valence-electron chi connectivity index (χ0n) is 12.1. The second-order valence-electron chi connectivity index (χ2n) is 5.82. The van der Waals surface area contributed by atoms with Gasteiger partial charge in [0, 0.05) is 5.75 Å². The Kier molecular flexibility index (Phi) is 3.90. The highest BCUT2D eigenvalue weighted by atomic mass is 32.3. The second kappa shape index (κ2) is 5.16. The Morgan fingerprint density at radius 1 is 1.16 bits per heavy atom. The maximum atomic E-state index is 10.2. The van der Waals surface area contributed by atoms with Crippen molar-refractivity contribution >= 4 is 15.8 Å². The summed E-state index contributed by atoms with van der Waals surface area (Å²) in [6.07, 6.45) is 2.19. The van der Waals surface area contributed by atoms with Crippen molar-refractivity contribution in [3.63, 3.8) is 0 Å². The summed E-state index contributed by atoms with van der Waals surface area (Å²) < 4.78 is 2.25. The van der Waals surface area contributed by atoms with Crippen LogP contribution in [0.5, 0.6) is 0 Å². The van der Waals surface area contributed by atoms with Gasteiger partial charge in [0.2, 0.25) is 0 Å². The van der Waals surface area contributed by atoms with Gasteiger partial charge >= 0.3 is 0 Å². The Morgan fingerprint density at radius 3 is 2.32 bits per heavy atom. The first kappa shape index (κ1) is 14.4. The number of rotatable bonds is 4. The minimum atomic E-state index is -1.19. The minimum absolute atomic E-state index is 0.660. The van der Waals surface area contributed by atoms with E-state index in [1.165, 1.54) is 11.1 Å². The van der Waals surface area contributed by atoms with Crippen LogP contribution in [-0.4, -0.2) is 34.9 Å². The molecule has 0 radical (unpaired) electrons. The van der Waals surface area contributed by atoms with E-state index in [2.05, 4.69) is 59.6 Å².